The number of piperazine rings is 1. The van der Waals surface area contributed by atoms with Crippen molar-refractivity contribution in [2.75, 3.05) is 26.2 Å². The maximum atomic E-state index is 11.6. The van der Waals surface area contributed by atoms with Gasteiger partial charge in [-0.25, -0.2) is 5.84 Å². The monoisotopic (exact) mass is 228 g/mol. The van der Waals surface area contributed by atoms with Crippen LogP contribution in [0, 0.1) is 0 Å². The van der Waals surface area contributed by atoms with Crippen molar-refractivity contribution in [2.45, 2.75) is 13.3 Å². The maximum Gasteiger partial charge on any atom is 0.312 e. The molecule has 3 amide bonds. The van der Waals surface area contributed by atoms with E-state index in [2.05, 4.69) is 0 Å². The molecule has 0 saturated carbocycles. The van der Waals surface area contributed by atoms with Crippen LogP contribution in [0.15, 0.2) is 0 Å². The Balaban J connectivity index is 2.49. The van der Waals surface area contributed by atoms with E-state index in [4.69, 9.17) is 5.84 Å². The molecule has 7 nitrogen and oxygen atoms in total. The number of nitrogens with zero attached hydrogens (tertiary/aromatic N) is 2. The molecule has 7 heteroatoms. The van der Waals surface area contributed by atoms with Crippen molar-refractivity contribution >= 4 is 17.7 Å². The number of hydrazine groups is 1. The van der Waals surface area contributed by atoms with Crippen molar-refractivity contribution in [3.8, 4) is 0 Å². The molecule has 0 aromatic carbocycles. The van der Waals surface area contributed by atoms with Crippen LogP contribution in [0.25, 0.3) is 0 Å². The number of likely N-dealkylation sites (N-methyl/N-ethyl adjacent to an activating group) is 1. The van der Waals surface area contributed by atoms with Crippen LogP contribution in [0.3, 0.4) is 0 Å². The minimum Gasteiger partial charge on any atom is -0.333 e. The summed E-state index contributed by atoms with van der Waals surface area (Å²) in [6.07, 6.45) is 0.113. The Morgan fingerprint density at radius 2 is 1.88 bits per heavy atom. The Morgan fingerprint density at radius 3 is 2.44 bits per heavy atom. The van der Waals surface area contributed by atoms with Crippen LogP contribution in [0.1, 0.15) is 13.3 Å². The number of carbonyl (C=O) groups is 3. The lowest BCUT2D eigenvalue weighted by molar-refractivity contribution is -0.156. The van der Waals surface area contributed by atoms with Gasteiger partial charge in [-0.3, -0.25) is 19.8 Å². The van der Waals surface area contributed by atoms with Gasteiger partial charge in [-0.1, -0.05) is 0 Å². The van der Waals surface area contributed by atoms with Crippen molar-refractivity contribution in [1.29, 1.82) is 0 Å². The molecule has 1 heterocycles. The number of nitrogens with one attached hydrogen (secondary N) is 1. The largest absolute Gasteiger partial charge is 0.333 e. The van der Waals surface area contributed by atoms with E-state index in [9.17, 15) is 14.4 Å². The minimum absolute atomic E-state index is 0.113. The minimum atomic E-state index is -0.544. The van der Waals surface area contributed by atoms with Gasteiger partial charge in [-0.2, -0.15) is 0 Å². The second-order valence-electron chi connectivity index (χ2n) is 3.49. The summed E-state index contributed by atoms with van der Waals surface area (Å²) < 4.78 is 0. The number of hydrogen-bond acceptors (Lipinski definition) is 4. The first-order valence-electron chi connectivity index (χ1n) is 5.17. The van der Waals surface area contributed by atoms with Gasteiger partial charge in [0.05, 0.1) is 0 Å². The normalized spacial score (nSPS) is 16.6. The second kappa shape index (κ2) is 5.45. The van der Waals surface area contributed by atoms with E-state index >= 15 is 0 Å². The van der Waals surface area contributed by atoms with E-state index in [1.54, 1.807) is 0 Å². The Hall–Kier alpha value is -1.63. The van der Waals surface area contributed by atoms with Crippen molar-refractivity contribution in [1.82, 2.24) is 15.2 Å². The second-order valence-corrected chi connectivity index (χ2v) is 3.49. The number of carbonyl (C=O) groups excluding carboxylic acids is 3. The molecule has 16 heavy (non-hydrogen) atoms. The van der Waals surface area contributed by atoms with Crippen molar-refractivity contribution in [3.05, 3.63) is 0 Å². The summed E-state index contributed by atoms with van der Waals surface area (Å²) >= 11 is 0. The highest BCUT2D eigenvalue weighted by atomic mass is 16.2. The summed E-state index contributed by atoms with van der Waals surface area (Å²) in [4.78, 5) is 36.8. The highest BCUT2D eigenvalue weighted by molar-refractivity contribution is 6.35. The molecular formula is C9H16N4O3. The smallest absolute Gasteiger partial charge is 0.312 e. The highest BCUT2D eigenvalue weighted by Crippen LogP contribution is 2.05. The van der Waals surface area contributed by atoms with Crippen LogP contribution >= 0.6 is 0 Å². The Bertz CT molecular complexity index is 305. The molecule has 0 spiro atoms. The highest BCUT2D eigenvalue weighted by Gasteiger charge is 2.31. The number of rotatable bonds is 4. The summed E-state index contributed by atoms with van der Waals surface area (Å²) in [7, 11) is 0. The van der Waals surface area contributed by atoms with Gasteiger partial charge in [0.25, 0.3) is 0 Å². The van der Waals surface area contributed by atoms with Crippen LogP contribution < -0.4 is 11.3 Å². The Morgan fingerprint density at radius 1 is 1.31 bits per heavy atom. The fourth-order valence-electron chi connectivity index (χ4n) is 1.54. The third kappa shape index (κ3) is 2.69. The van der Waals surface area contributed by atoms with Crippen LogP contribution in [0.5, 0.6) is 0 Å². The van der Waals surface area contributed by atoms with Crippen LogP contribution in [0.4, 0.5) is 0 Å². The first-order chi connectivity index (χ1) is 7.60. The van der Waals surface area contributed by atoms with E-state index in [-0.39, 0.29) is 18.9 Å². The van der Waals surface area contributed by atoms with Crippen molar-refractivity contribution < 1.29 is 14.4 Å². The number of nitrogens with two attached hydrogens (primary N) is 1. The number of amides is 3. The molecular weight excluding hydrogens is 212 g/mol. The summed E-state index contributed by atoms with van der Waals surface area (Å²) in [5.41, 5.74) is 1.98. The zero-order chi connectivity index (χ0) is 12.1. The molecule has 1 fully saturated rings. The lowest BCUT2D eigenvalue weighted by Crippen LogP contribution is -2.54. The molecule has 1 aliphatic rings. The summed E-state index contributed by atoms with van der Waals surface area (Å²) in [5.74, 6) is 3.52. The van der Waals surface area contributed by atoms with Gasteiger partial charge in [0.1, 0.15) is 0 Å². The van der Waals surface area contributed by atoms with Crippen LogP contribution in [-0.2, 0) is 14.4 Å². The molecule has 0 bridgehead atoms. The summed E-state index contributed by atoms with van der Waals surface area (Å²) in [6, 6.07) is 0. The zero-order valence-corrected chi connectivity index (χ0v) is 9.23. The topological polar surface area (TPSA) is 95.7 Å². The summed E-state index contributed by atoms with van der Waals surface area (Å²) in [6.45, 7) is 3.57. The fraction of sp³-hybridized carbons (Fsp3) is 0.667. The zero-order valence-electron chi connectivity index (χ0n) is 9.23. The molecule has 90 valence electrons. The first kappa shape index (κ1) is 12.4. The molecule has 0 atom stereocenters. The molecule has 0 unspecified atom stereocenters. The average molecular weight is 228 g/mol. The summed E-state index contributed by atoms with van der Waals surface area (Å²) in [5, 5.41) is 0. The Labute approximate surface area is 93.5 Å². The third-order valence-electron chi connectivity index (χ3n) is 2.55. The van der Waals surface area contributed by atoms with E-state index in [1.165, 1.54) is 9.80 Å². The van der Waals surface area contributed by atoms with E-state index < -0.39 is 11.8 Å². The van der Waals surface area contributed by atoms with Crippen molar-refractivity contribution in [3.63, 3.8) is 0 Å². The lowest BCUT2D eigenvalue weighted by Gasteiger charge is -2.32. The molecule has 0 radical (unpaired) electrons. The van der Waals surface area contributed by atoms with Crippen molar-refractivity contribution in [2.24, 2.45) is 5.84 Å². The predicted molar refractivity (Wildman–Crippen MR) is 55.8 cm³/mol. The fourth-order valence-corrected chi connectivity index (χ4v) is 1.54. The van der Waals surface area contributed by atoms with E-state index in [0.29, 0.717) is 19.6 Å². The third-order valence-corrected chi connectivity index (χ3v) is 2.55. The van der Waals surface area contributed by atoms with Gasteiger partial charge in [0.2, 0.25) is 5.91 Å². The predicted octanol–water partition coefficient (Wildman–Crippen LogP) is -1.94. The molecule has 0 aromatic heterocycles. The van der Waals surface area contributed by atoms with Gasteiger partial charge in [0, 0.05) is 32.6 Å². The number of hydrogen-bond donors (Lipinski definition) is 2. The average Bonchev–Trinajstić information content (AvgIpc) is 2.30. The quantitative estimate of drug-likeness (QED) is 0.253. The molecule has 1 rings (SSSR count). The molecule has 0 aromatic rings. The molecule has 0 aliphatic carbocycles. The first-order valence-corrected chi connectivity index (χ1v) is 5.17. The van der Waals surface area contributed by atoms with E-state index in [0.717, 1.165) is 0 Å². The van der Waals surface area contributed by atoms with Gasteiger partial charge in [0.15, 0.2) is 0 Å². The van der Waals surface area contributed by atoms with Crippen LogP contribution in [0.2, 0.25) is 0 Å². The Kier molecular flexibility index (Phi) is 4.24. The van der Waals surface area contributed by atoms with Gasteiger partial charge >= 0.3 is 11.8 Å². The molecule has 1 aliphatic heterocycles. The standard InChI is InChI=1S/C9H16N4O3/c1-2-12-5-6-13(9(16)8(12)15)4-3-7(14)11-10/h2-6,10H2,1H3,(H,11,14). The van der Waals surface area contributed by atoms with Gasteiger partial charge in [-0.15, -0.1) is 0 Å². The van der Waals surface area contributed by atoms with Crippen LogP contribution in [-0.4, -0.2) is 53.7 Å². The maximum absolute atomic E-state index is 11.6. The SMILES string of the molecule is CCN1CCN(CCC(=O)NN)C(=O)C1=O. The molecule has 1 saturated heterocycles. The van der Waals surface area contributed by atoms with Gasteiger partial charge in [-0.05, 0) is 6.92 Å². The van der Waals surface area contributed by atoms with E-state index in [1.807, 2.05) is 12.3 Å². The molecule has 3 N–H and O–H groups in total. The lowest BCUT2D eigenvalue weighted by atomic mass is 10.2. The van der Waals surface area contributed by atoms with Gasteiger partial charge < -0.3 is 9.80 Å².